The topological polar surface area (TPSA) is 42.2 Å². The predicted octanol–water partition coefficient (Wildman–Crippen LogP) is 2.89. The summed E-state index contributed by atoms with van der Waals surface area (Å²) in [5, 5.41) is 9.02. The Labute approximate surface area is 95.6 Å². The number of nitriles is 1. The summed E-state index contributed by atoms with van der Waals surface area (Å²) in [5.74, 6) is 1.39. The van der Waals surface area contributed by atoms with Crippen molar-refractivity contribution >= 4 is 0 Å². The van der Waals surface area contributed by atoms with Gasteiger partial charge in [-0.3, -0.25) is 0 Å². The molecule has 0 aliphatic heterocycles. The first-order chi connectivity index (χ1) is 7.69. The van der Waals surface area contributed by atoms with Crippen LogP contribution in [0.2, 0.25) is 0 Å². The number of hydrogen-bond acceptors (Lipinski definition) is 3. The van der Waals surface area contributed by atoms with Crippen LogP contribution in [0.25, 0.3) is 0 Å². The highest BCUT2D eigenvalue weighted by molar-refractivity contribution is 5.47. The van der Waals surface area contributed by atoms with Gasteiger partial charge in [-0.2, -0.15) is 5.26 Å². The highest BCUT2D eigenvalue weighted by Gasteiger charge is 2.23. The van der Waals surface area contributed by atoms with Gasteiger partial charge >= 0.3 is 0 Å². The van der Waals surface area contributed by atoms with Gasteiger partial charge in [-0.1, -0.05) is 0 Å². The van der Waals surface area contributed by atoms with Gasteiger partial charge in [0.25, 0.3) is 0 Å². The molecule has 84 valence electrons. The second-order valence-corrected chi connectivity index (χ2v) is 4.25. The summed E-state index contributed by atoms with van der Waals surface area (Å²) in [6, 6.07) is 7.54. The Morgan fingerprint density at radius 1 is 1.38 bits per heavy atom. The number of rotatable bonds is 4. The number of benzene rings is 1. The summed E-state index contributed by atoms with van der Waals surface area (Å²) in [7, 11) is 0. The van der Waals surface area contributed by atoms with Gasteiger partial charge in [-0.05, 0) is 38.8 Å². The van der Waals surface area contributed by atoms with Gasteiger partial charge in [-0.15, -0.1) is 0 Å². The van der Waals surface area contributed by atoms with Crippen LogP contribution >= 0.6 is 0 Å². The lowest BCUT2D eigenvalue weighted by molar-refractivity contribution is 0.240. The molecule has 3 heteroatoms. The molecule has 0 spiro atoms. The number of ether oxygens (including phenoxy) is 2. The van der Waals surface area contributed by atoms with E-state index >= 15 is 0 Å². The van der Waals surface area contributed by atoms with Crippen molar-refractivity contribution in [2.24, 2.45) is 0 Å². The first-order valence-electron chi connectivity index (χ1n) is 5.56. The van der Waals surface area contributed by atoms with Crippen LogP contribution in [-0.4, -0.2) is 12.2 Å². The third-order valence-corrected chi connectivity index (χ3v) is 2.26. The molecule has 0 radical (unpaired) electrons. The molecule has 0 atom stereocenters. The molecular formula is C13H15NO2. The fourth-order valence-electron chi connectivity index (χ4n) is 1.40. The van der Waals surface area contributed by atoms with Gasteiger partial charge in [0.15, 0.2) is 0 Å². The van der Waals surface area contributed by atoms with E-state index in [2.05, 4.69) is 6.07 Å². The molecule has 16 heavy (non-hydrogen) atoms. The Bertz CT molecular complexity index is 416. The first kappa shape index (κ1) is 10.8. The fourth-order valence-corrected chi connectivity index (χ4v) is 1.40. The molecule has 1 aliphatic rings. The molecule has 1 aromatic rings. The van der Waals surface area contributed by atoms with E-state index in [1.807, 2.05) is 19.9 Å². The van der Waals surface area contributed by atoms with Gasteiger partial charge in [0.1, 0.15) is 17.6 Å². The fraction of sp³-hybridized carbons (Fsp3) is 0.462. The third kappa shape index (κ3) is 2.66. The average molecular weight is 217 g/mol. The van der Waals surface area contributed by atoms with Gasteiger partial charge in [-0.25, -0.2) is 0 Å². The molecule has 3 nitrogen and oxygen atoms in total. The van der Waals surface area contributed by atoms with E-state index in [1.54, 1.807) is 12.1 Å². The lowest BCUT2D eigenvalue weighted by Gasteiger charge is -2.12. The Morgan fingerprint density at radius 2 is 2.12 bits per heavy atom. The summed E-state index contributed by atoms with van der Waals surface area (Å²) in [6.07, 6.45) is 2.66. The maximum Gasteiger partial charge on any atom is 0.137 e. The van der Waals surface area contributed by atoms with Crippen molar-refractivity contribution in [2.45, 2.75) is 38.9 Å². The van der Waals surface area contributed by atoms with Gasteiger partial charge in [0.05, 0.1) is 17.8 Å². The molecular weight excluding hydrogens is 202 g/mol. The lowest BCUT2D eigenvalue weighted by Crippen LogP contribution is -2.07. The van der Waals surface area contributed by atoms with Crippen LogP contribution in [0.4, 0.5) is 0 Å². The van der Waals surface area contributed by atoms with Crippen LogP contribution in [0.5, 0.6) is 11.5 Å². The van der Waals surface area contributed by atoms with Gasteiger partial charge < -0.3 is 9.47 Å². The van der Waals surface area contributed by atoms with E-state index in [-0.39, 0.29) is 6.10 Å². The van der Waals surface area contributed by atoms with Crippen molar-refractivity contribution in [3.8, 4) is 17.6 Å². The van der Waals surface area contributed by atoms with E-state index in [1.165, 1.54) is 0 Å². The predicted molar refractivity (Wildman–Crippen MR) is 60.6 cm³/mol. The molecule has 2 rings (SSSR count). The van der Waals surface area contributed by atoms with Crippen molar-refractivity contribution in [3.05, 3.63) is 23.8 Å². The Balaban J connectivity index is 2.17. The molecule has 0 saturated heterocycles. The van der Waals surface area contributed by atoms with Gasteiger partial charge in [0, 0.05) is 6.07 Å². The molecule has 0 heterocycles. The second-order valence-electron chi connectivity index (χ2n) is 4.25. The highest BCUT2D eigenvalue weighted by atomic mass is 16.5. The van der Waals surface area contributed by atoms with Crippen molar-refractivity contribution < 1.29 is 9.47 Å². The van der Waals surface area contributed by atoms with Crippen LogP contribution in [-0.2, 0) is 0 Å². The van der Waals surface area contributed by atoms with Crippen LogP contribution in [0.3, 0.4) is 0 Å². The summed E-state index contributed by atoms with van der Waals surface area (Å²) >= 11 is 0. The second kappa shape index (κ2) is 4.44. The summed E-state index contributed by atoms with van der Waals surface area (Å²) < 4.78 is 11.2. The molecule has 0 aromatic heterocycles. The largest absolute Gasteiger partial charge is 0.490 e. The molecule has 0 N–H and O–H groups in total. The molecule has 0 amide bonds. The maximum absolute atomic E-state index is 9.02. The smallest absolute Gasteiger partial charge is 0.137 e. The average Bonchev–Trinajstić information content (AvgIpc) is 3.03. The normalized spacial score (nSPS) is 14.6. The van der Waals surface area contributed by atoms with Crippen LogP contribution < -0.4 is 9.47 Å². The quantitative estimate of drug-likeness (QED) is 0.778. The minimum absolute atomic E-state index is 0.0716. The molecule has 1 saturated carbocycles. The minimum atomic E-state index is 0.0716. The minimum Gasteiger partial charge on any atom is -0.490 e. The van der Waals surface area contributed by atoms with E-state index in [9.17, 15) is 0 Å². The van der Waals surface area contributed by atoms with Gasteiger partial charge in [0.2, 0.25) is 0 Å². The number of hydrogen-bond donors (Lipinski definition) is 0. The number of nitrogens with zero attached hydrogens (tertiary/aromatic N) is 1. The molecule has 1 aromatic carbocycles. The van der Waals surface area contributed by atoms with E-state index in [4.69, 9.17) is 14.7 Å². The summed E-state index contributed by atoms with van der Waals surface area (Å²) in [6.45, 7) is 3.88. The van der Waals surface area contributed by atoms with Crippen molar-refractivity contribution in [1.82, 2.24) is 0 Å². The van der Waals surface area contributed by atoms with E-state index < -0.39 is 0 Å². The third-order valence-electron chi connectivity index (χ3n) is 2.26. The standard InChI is InChI=1S/C13H15NO2/c1-9(2)15-13-6-5-12(7-10(13)8-14)16-11-3-4-11/h5-7,9,11H,3-4H2,1-2H3. The first-order valence-corrected chi connectivity index (χ1v) is 5.56. The SMILES string of the molecule is CC(C)Oc1ccc(OC2CC2)cc1C#N. The highest BCUT2D eigenvalue weighted by Crippen LogP contribution is 2.30. The van der Waals surface area contributed by atoms with Crippen LogP contribution in [0, 0.1) is 11.3 Å². The zero-order valence-corrected chi connectivity index (χ0v) is 9.56. The summed E-state index contributed by atoms with van der Waals surface area (Å²) in [5.41, 5.74) is 0.534. The Morgan fingerprint density at radius 3 is 2.69 bits per heavy atom. The zero-order chi connectivity index (χ0) is 11.5. The molecule has 1 fully saturated rings. The van der Waals surface area contributed by atoms with Crippen molar-refractivity contribution in [2.75, 3.05) is 0 Å². The van der Waals surface area contributed by atoms with Crippen LogP contribution in [0.15, 0.2) is 18.2 Å². The molecule has 0 unspecified atom stereocenters. The lowest BCUT2D eigenvalue weighted by atomic mass is 10.2. The Kier molecular flexibility index (Phi) is 3.00. The van der Waals surface area contributed by atoms with Crippen molar-refractivity contribution in [1.29, 1.82) is 5.26 Å². The zero-order valence-electron chi connectivity index (χ0n) is 9.56. The van der Waals surface area contributed by atoms with E-state index in [0.29, 0.717) is 17.4 Å². The molecule has 1 aliphatic carbocycles. The van der Waals surface area contributed by atoms with Crippen molar-refractivity contribution in [3.63, 3.8) is 0 Å². The van der Waals surface area contributed by atoms with Crippen LogP contribution in [0.1, 0.15) is 32.3 Å². The monoisotopic (exact) mass is 217 g/mol. The maximum atomic E-state index is 9.02. The summed E-state index contributed by atoms with van der Waals surface area (Å²) in [4.78, 5) is 0. The molecule has 0 bridgehead atoms. The Hall–Kier alpha value is -1.69. The van der Waals surface area contributed by atoms with E-state index in [0.717, 1.165) is 18.6 Å².